The summed E-state index contributed by atoms with van der Waals surface area (Å²) >= 11 is 0. The van der Waals surface area contributed by atoms with E-state index >= 15 is 0 Å². The van der Waals surface area contributed by atoms with Crippen molar-refractivity contribution in [2.75, 3.05) is 18.9 Å². The maximum atomic E-state index is 12.1. The van der Waals surface area contributed by atoms with Crippen LogP contribution in [0.4, 0.5) is 18.9 Å². The summed E-state index contributed by atoms with van der Waals surface area (Å²) in [4.78, 5) is 0. The molecule has 0 amide bonds. The number of rotatable bonds is 5. The Labute approximate surface area is 97.3 Å². The van der Waals surface area contributed by atoms with Gasteiger partial charge in [0.15, 0.2) is 6.10 Å². The Kier molecular flexibility index (Phi) is 4.62. The second-order valence-electron chi connectivity index (χ2n) is 3.44. The van der Waals surface area contributed by atoms with Crippen LogP contribution in [0, 0.1) is 0 Å². The number of ether oxygens (including phenoxy) is 2. The summed E-state index contributed by atoms with van der Waals surface area (Å²) in [6, 6.07) is 6.76. The third kappa shape index (κ3) is 4.52. The van der Waals surface area contributed by atoms with Gasteiger partial charge < -0.3 is 15.2 Å². The lowest BCUT2D eigenvalue weighted by Gasteiger charge is -2.16. The molecule has 0 heterocycles. The fraction of sp³-hybridized carbons (Fsp3) is 0.455. The van der Waals surface area contributed by atoms with Crippen LogP contribution < -0.4 is 10.5 Å². The molecule has 3 nitrogen and oxygen atoms in total. The molecule has 96 valence electrons. The Morgan fingerprint density at radius 2 is 1.88 bits per heavy atom. The van der Waals surface area contributed by atoms with Crippen LogP contribution in [0.2, 0.25) is 0 Å². The van der Waals surface area contributed by atoms with Crippen LogP contribution in [0.15, 0.2) is 24.3 Å². The highest BCUT2D eigenvalue weighted by atomic mass is 19.4. The first-order valence-corrected chi connectivity index (χ1v) is 5.07. The van der Waals surface area contributed by atoms with Gasteiger partial charge in [-0.3, -0.25) is 0 Å². The highest BCUT2D eigenvalue weighted by Gasteiger charge is 2.36. The number of hydrogen-bond acceptors (Lipinski definition) is 3. The largest absolute Gasteiger partial charge is 0.489 e. The lowest BCUT2D eigenvalue weighted by molar-refractivity contribution is -0.215. The molecule has 1 unspecified atom stereocenters. The molecule has 6 heteroatoms. The Bertz CT molecular complexity index is 355. The molecule has 0 aliphatic carbocycles. The summed E-state index contributed by atoms with van der Waals surface area (Å²) in [6.07, 6.45) is -6.13. The van der Waals surface area contributed by atoms with E-state index in [9.17, 15) is 13.2 Å². The Balaban J connectivity index is 2.28. The molecule has 0 saturated heterocycles. The Hall–Kier alpha value is -1.43. The van der Waals surface area contributed by atoms with Gasteiger partial charge in [-0.25, -0.2) is 0 Å². The van der Waals surface area contributed by atoms with Crippen molar-refractivity contribution >= 4 is 5.69 Å². The fourth-order valence-electron chi connectivity index (χ4n) is 1.08. The molecular weight excluding hydrogens is 235 g/mol. The summed E-state index contributed by atoms with van der Waals surface area (Å²) in [7, 11) is 0. The molecule has 0 aromatic heterocycles. The molecule has 1 aromatic rings. The van der Waals surface area contributed by atoms with Crippen molar-refractivity contribution in [2.24, 2.45) is 0 Å². The van der Waals surface area contributed by atoms with Crippen LogP contribution in [0.25, 0.3) is 0 Å². The van der Waals surface area contributed by atoms with E-state index in [4.69, 9.17) is 10.5 Å². The zero-order valence-corrected chi connectivity index (χ0v) is 9.33. The first-order chi connectivity index (χ1) is 7.91. The number of benzene rings is 1. The summed E-state index contributed by atoms with van der Waals surface area (Å²) in [5.74, 6) is 0.441. The third-order valence-electron chi connectivity index (χ3n) is 2.09. The van der Waals surface area contributed by atoms with Gasteiger partial charge in [-0.05, 0) is 19.1 Å². The van der Waals surface area contributed by atoms with E-state index in [-0.39, 0.29) is 13.2 Å². The SMILES string of the molecule is CC(OCCOc1ccccc1N)C(F)(F)F. The van der Waals surface area contributed by atoms with Crippen LogP contribution in [0.3, 0.4) is 0 Å². The Morgan fingerprint density at radius 3 is 2.47 bits per heavy atom. The molecule has 1 rings (SSSR count). The normalized spacial score (nSPS) is 13.4. The first kappa shape index (κ1) is 13.6. The molecular formula is C11H14F3NO2. The minimum atomic E-state index is -4.34. The van der Waals surface area contributed by atoms with Crippen LogP contribution in [-0.2, 0) is 4.74 Å². The number of anilines is 1. The molecule has 0 fully saturated rings. The summed E-state index contributed by atoms with van der Waals surface area (Å²) in [5, 5.41) is 0. The number of alkyl halides is 3. The van der Waals surface area contributed by atoms with Crippen molar-refractivity contribution in [1.82, 2.24) is 0 Å². The zero-order valence-electron chi connectivity index (χ0n) is 9.33. The molecule has 17 heavy (non-hydrogen) atoms. The lowest BCUT2D eigenvalue weighted by atomic mass is 10.3. The van der Waals surface area contributed by atoms with Gasteiger partial charge in [0, 0.05) is 0 Å². The smallest absolute Gasteiger partial charge is 0.414 e. The van der Waals surface area contributed by atoms with Crippen molar-refractivity contribution in [3.8, 4) is 5.75 Å². The van der Waals surface area contributed by atoms with Gasteiger partial charge in [-0.2, -0.15) is 13.2 Å². The molecule has 0 bridgehead atoms. The minimum Gasteiger partial charge on any atom is -0.489 e. The standard InChI is InChI=1S/C11H14F3NO2/c1-8(11(12,13)14)16-6-7-17-10-5-3-2-4-9(10)15/h2-5,8H,6-7,15H2,1H3. The first-order valence-electron chi connectivity index (χ1n) is 5.07. The molecule has 2 N–H and O–H groups in total. The molecule has 0 saturated carbocycles. The van der Waals surface area contributed by atoms with Gasteiger partial charge in [0.05, 0.1) is 12.3 Å². The van der Waals surface area contributed by atoms with E-state index in [1.807, 2.05) is 0 Å². The van der Waals surface area contributed by atoms with E-state index in [2.05, 4.69) is 4.74 Å². The summed E-state index contributed by atoms with van der Waals surface area (Å²) in [6.45, 7) is 0.834. The maximum absolute atomic E-state index is 12.1. The quantitative estimate of drug-likeness (QED) is 0.644. The second-order valence-corrected chi connectivity index (χ2v) is 3.44. The molecule has 0 aliphatic rings. The second kappa shape index (κ2) is 5.77. The van der Waals surface area contributed by atoms with Crippen molar-refractivity contribution < 1.29 is 22.6 Å². The van der Waals surface area contributed by atoms with Crippen LogP contribution in [0.5, 0.6) is 5.75 Å². The molecule has 1 aromatic carbocycles. The van der Waals surface area contributed by atoms with Gasteiger partial charge in [0.2, 0.25) is 0 Å². The number of hydrogen-bond donors (Lipinski definition) is 1. The van der Waals surface area contributed by atoms with Gasteiger partial charge in [0.1, 0.15) is 12.4 Å². The average molecular weight is 249 g/mol. The highest BCUT2D eigenvalue weighted by Crippen LogP contribution is 2.22. The lowest BCUT2D eigenvalue weighted by Crippen LogP contribution is -2.30. The molecule has 0 radical (unpaired) electrons. The van der Waals surface area contributed by atoms with Crippen LogP contribution in [-0.4, -0.2) is 25.5 Å². The molecule has 0 aliphatic heterocycles. The monoisotopic (exact) mass is 249 g/mol. The maximum Gasteiger partial charge on any atom is 0.414 e. The number of nitrogens with two attached hydrogens (primary N) is 1. The van der Waals surface area contributed by atoms with Crippen molar-refractivity contribution in [3.05, 3.63) is 24.3 Å². The van der Waals surface area contributed by atoms with E-state index in [0.717, 1.165) is 6.92 Å². The molecule has 1 atom stereocenters. The molecule has 0 spiro atoms. The fourth-order valence-corrected chi connectivity index (χ4v) is 1.08. The third-order valence-corrected chi connectivity index (χ3v) is 2.09. The predicted octanol–water partition coefficient (Wildman–Crippen LogP) is 2.62. The van der Waals surface area contributed by atoms with Crippen molar-refractivity contribution in [1.29, 1.82) is 0 Å². The van der Waals surface area contributed by atoms with Crippen LogP contribution >= 0.6 is 0 Å². The predicted molar refractivity (Wildman–Crippen MR) is 57.8 cm³/mol. The van der Waals surface area contributed by atoms with Crippen molar-refractivity contribution in [3.63, 3.8) is 0 Å². The zero-order chi connectivity index (χ0) is 12.9. The minimum absolute atomic E-state index is 0.0225. The average Bonchev–Trinajstić information content (AvgIpc) is 2.25. The van der Waals surface area contributed by atoms with Gasteiger partial charge in [0.25, 0.3) is 0 Å². The van der Waals surface area contributed by atoms with E-state index in [0.29, 0.717) is 11.4 Å². The topological polar surface area (TPSA) is 44.5 Å². The van der Waals surface area contributed by atoms with E-state index in [1.165, 1.54) is 0 Å². The van der Waals surface area contributed by atoms with Crippen molar-refractivity contribution in [2.45, 2.75) is 19.2 Å². The van der Waals surface area contributed by atoms with Crippen LogP contribution in [0.1, 0.15) is 6.92 Å². The highest BCUT2D eigenvalue weighted by molar-refractivity contribution is 5.51. The number of nitrogen functional groups attached to an aromatic ring is 1. The van der Waals surface area contributed by atoms with E-state index < -0.39 is 12.3 Å². The summed E-state index contributed by atoms with van der Waals surface area (Å²) < 4.78 is 46.0. The van der Waals surface area contributed by atoms with Gasteiger partial charge in [-0.15, -0.1) is 0 Å². The van der Waals surface area contributed by atoms with Gasteiger partial charge >= 0.3 is 6.18 Å². The van der Waals surface area contributed by atoms with E-state index in [1.54, 1.807) is 24.3 Å². The van der Waals surface area contributed by atoms with Gasteiger partial charge in [-0.1, -0.05) is 12.1 Å². The number of para-hydroxylation sites is 2. The summed E-state index contributed by atoms with van der Waals surface area (Å²) in [5.41, 5.74) is 6.03. The number of halogens is 3. The Morgan fingerprint density at radius 1 is 1.24 bits per heavy atom.